The first-order valence-electron chi connectivity index (χ1n) is 5.73. The molecule has 1 aromatic carbocycles. The van der Waals surface area contributed by atoms with Gasteiger partial charge in [-0.1, -0.05) is 22.9 Å². The lowest BCUT2D eigenvalue weighted by atomic mass is 10.1. The Morgan fingerprint density at radius 3 is 2.71 bits per heavy atom. The summed E-state index contributed by atoms with van der Waals surface area (Å²) in [5, 5.41) is 0. The lowest BCUT2D eigenvalue weighted by Crippen LogP contribution is -2.06. The second-order valence-electron chi connectivity index (χ2n) is 4.23. The second kappa shape index (κ2) is 5.07. The third-order valence-corrected chi connectivity index (χ3v) is 3.22. The third kappa shape index (κ3) is 2.79. The minimum atomic E-state index is -0.0167. The van der Waals surface area contributed by atoms with Crippen LogP contribution < -0.4 is 5.73 Å². The standard InChI is InChI=1S/C14H16BrNO/c1-3-12(16)14-5-4-13(17-14)10-6-9(2)7-11(15)8-10/h4-8,12H,3,16H2,1-2H3. The number of halogens is 1. The normalized spacial score (nSPS) is 12.7. The molecule has 0 spiro atoms. The summed E-state index contributed by atoms with van der Waals surface area (Å²) in [5.74, 6) is 1.72. The summed E-state index contributed by atoms with van der Waals surface area (Å²) in [6, 6.07) is 10.1. The first-order valence-corrected chi connectivity index (χ1v) is 6.52. The van der Waals surface area contributed by atoms with Gasteiger partial charge in [0.15, 0.2) is 0 Å². The van der Waals surface area contributed by atoms with Crippen LogP contribution in [0, 0.1) is 6.92 Å². The van der Waals surface area contributed by atoms with Gasteiger partial charge in [0.05, 0.1) is 6.04 Å². The van der Waals surface area contributed by atoms with Crippen molar-refractivity contribution in [1.82, 2.24) is 0 Å². The highest BCUT2D eigenvalue weighted by molar-refractivity contribution is 9.10. The van der Waals surface area contributed by atoms with E-state index in [4.69, 9.17) is 10.2 Å². The molecule has 2 aromatic rings. The van der Waals surface area contributed by atoms with Crippen LogP contribution in [0.25, 0.3) is 11.3 Å². The van der Waals surface area contributed by atoms with Crippen LogP contribution in [0.2, 0.25) is 0 Å². The number of aryl methyl sites for hydroxylation is 1. The average Bonchev–Trinajstić information content (AvgIpc) is 2.76. The fourth-order valence-corrected chi connectivity index (χ4v) is 2.39. The highest BCUT2D eigenvalue weighted by atomic mass is 79.9. The molecule has 0 radical (unpaired) electrons. The minimum absolute atomic E-state index is 0.0167. The van der Waals surface area contributed by atoms with Crippen molar-refractivity contribution in [3.05, 3.63) is 46.1 Å². The highest BCUT2D eigenvalue weighted by Crippen LogP contribution is 2.28. The molecule has 0 amide bonds. The molecule has 3 heteroatoms. The summed E-state index contributed by atoms with van der Waals surface area (Å²) >= 11 is 3.49. The molecule has 0 aliphatic carbocycles. The van der Waals surface area contributed by atoms with Gasteiger partial charge in [-0.2, -0.15) is 0 Å². The van der Waals surface area contributed by atoms with Gasteiger partial charge in [0.25, 0.3) is 0 Å². The van der Waals surface area contributed by atoms with Gasteiger partial charge in [-0.25, -0.2) is 0 Å². The summed E-state index contributed by atoms with van der Waals surface area (Å²) in [4.78, 5) is 0. The van der Waals surface area contributed by atoms with Gasteiger partial charge in [-0.3, -0.25) is 0 Å². The average molecular weight is 294 g/mol. The molecule has 17 heavy (non-hydrogen) atoms. The molecule has 0 saturated carbocycles. The summed E-state index contributed by atoms with van der Waals surface area (Å²) < 4.78 is 6.85. The first-order chi connectivity index (χ1) is 8.10. The van der Waals surface area contributed by atoms with Crippen molar-refractivity contribution in [2.75, 3.05) is 0 Å². The number of nitrogens with two attached hydrogens (primary N) is 1. The largest absolute Gasteiger partial charge is 0.459 e. The number of hydrogen-bond donors (Lipinski definition) is 1. The van der Waals surface area contributed by atoms with E-state index in [1.54, 1.807) is 0 Å². The SMILES string of the molecule is CCC(N)c1ccc(-c2cc(C)cc(Br)c2)o1. The molecular formula is C14H16BrNO. The third-order valence-electron chi connectivity index (χ3n) is 2.76. The smallest absolute Gasteiger partial charge is 0.134 e. The maximum Gasteiger partial charge on any atom is 0.134 e. The van der Waals surface area contributed by atoms with E-state index in [1.807, 2.05) is 18.2 Å². The Bertz CT molecular complexity index is 498. The van der Waals surface area contributed by atoms with Crippen LogP contribution in [0.1, 0.15) is 30.7 Å². The molecular weight excluding hydrogens is 278 g/mol. The van der Waals surface area contributed by atoms with Crippen molar-refractivity contribution >= 4 is 15.9 Å². The predicted octanol–water partition coefficient (Wildman–Crippen LogP) is 4.43. The van der Waals surface area contributed by atoms with E-state index in [0.29, 0.717) is 0 Å². The van der Waals surface area contributed by atoms with Crippen molar-refractivity contribution in [3.8, 4) is 11.3 Å². The number of benzene rings is 1. The minimum Gasteiger partial charge on any atom is -0.459 e. The maximum atomic E-state index is 5.94. The lowest BCUT2D eigenvalue weighted by Gasteiger charge is -2.04. The maximum absolute atomic E-state index is 5.94. The van der Waals surface area contributed by atoms with Crippen LogP contribution in [0.3, 0.4) is 0 Å². The van der Waals surface area contributed by atoms with Crippen LogP contribution in [-0.4, -0.2) is 0 Å². The van der Waals surface area contributed by atoms with Crippen molar-refractivity contribution < 1.29 is 4.42 Å². The summed E-state index contributed by atoms with van der Waals surface area (Å²) in [6.45, 7) is 4.12. The fraction of sp³-hybridized carbons (Fsp3) is 0.286. The Hall–Kier alpha value is -1.06. The zero-order chi connectivity index (χ0) is 12.4. The molecule has 2 N–H and O–H groups in total. The lowest BCUT2D eigenvalue weighted by molar-refractivity contribution is 0.470. The molecule has 90 valence electrons. The van der Waals surface area contributed by atoms with Crippen LogP contribution in [0.15, 0.2) is 39.2 Å². The van der Waals surface area contributed by atoms with Crippen molar-refractivity contribution in [1.29, 1.82) is 0 Å². The monoisotopic (exact) mass is 293 g/mol. The van der Waals surface area contributed by atoms with Gasteiger partial charge in [0.1, 0.15) is 11.5 Å². The Morgan fingerprint density at radius 1 is 1.29 bits per heavy atom. The zero-order valence-electron chi connectivity index (χ0n) is 10.0. The fourth-order valence-electron chi connectivity index (χ4n) is 1.79. The summed E-state index contributed by atoms with van der Waals surface area (Å²) in [5.41, 5.74) is 8.22. The van der Waals surface area contributed by atoms with E-state index in [1.165, 1.54) is 5.56 Å². The van der Waals surface area contributed by atoms with Crippen LogP contribution in [0.4, 0.5) is 0 Å². The number of rotatable bonds is 3. The van der Waals surface area contributed by atoms with E-state index in [9.17, 15) is 0 Å². The summed E-state index contributed by atoms with van der Waals surface area (Å²) in [7, 11) is 0. The van der Waals surface area contributed by atoms with Gasteiger partial charge >= 0.3 is 0 Å². The Morgan fingerprint density at radius 2 is 2.06 bits per heavy atom. The molecule has 0 fully saturated rings. The molecule has 0 saturated heterocycles. The van der Waals surface area contributed by atoms with Gasteiger partial charge in [-0.15, -0.1) is 0 Å². The van der Waals surface area contributed by atoms with E-state index < -0.39 is 0 Å². The molecule has 1 aromatic heterocycles. The highest BCUT2D eigenvalue weighted by Gasteiger charge is 2.10. The van der Waals surface area contributed by atoms with E-state index in [0.717, 1.165) is 28.0 Å². The van der Waals surface area contributed by atoms with E-state index >= 15 is 0 Å². The molecule has 1 unspecified atom stereocenters. The zero-order valence-corrected chi connectivity index (χ0v) is 11.6. The van der Waals surface area contributed by atoms with Crippen molar-refractivity contribution in [2.24, 2.45) is 5.73 Å². The molecule has 0 aliphatic rings. The summed E-state index contributed by atoms with van der Waals surface area (Å²) in [6.07, 6.45) is 0.879. The second-order valence-corrected chi connectivity index (χ2v) is 5.15. The van der Waals surface area contributed by atoms with Gasteiger partial charge < -0.3 is 10.2 Å². The molecule has 2 rings (SSSR count). The quantitative estimate of drug-likeness (QED) is 0.909. The Balaban J connectivity index is 2.36. The molecule has 1 heterocycles. The van der Waals surface area contributed by atoms with Crippen LogP contribution >= 0.6 is 15.9 Å². The van der Waals surface area contributed by atoms with E-state index in [-0.39, 0.29) is 6.04 Å². The van der Waals surface area contributed by atoms with Gasteiger partial charge in [0, 0.05) is 10.0 Å². The number of hydrogen-bond acceptors (Lipinski definition) is 2. The predicted molar refractivity (Wildman–Crippen MR) is 73.8 cm³/mol. The van der Waals surface area contributed by atoms with Crippen molar-refractivity contribution in [2.45, 2.75) is 26.3 Å². The molecule has 1 atom stereocenters. The number of furan rings is 1. The van der Waals surface area contributed by atoms with Gasteiger partial charge in [0.2, 0.25) is 0 Å². The first kappa shape index (κ1) is 12.4. The Kier molecular flexibility index (Phi) is 3.69. The Labute approximate surface area is 110 Å². The van der Waals surface area contributed by atoms with Crippen LogP contribution in [0.5, 0.6) is 0 Å². The van der Waals surface area contributed by atoms with Crippen LogP contribution in [-0.2, 0) is 0 Å². The van der Waals surface area contributed by atoms with Crippen molar-refractivity contribution in [3.63, 3.8) is 0 Å². The topological polar surface area (TPSA) is 39.2 Å². The molecule has 2 nitrogen and oxygen atoms in total. The molecule has 0 bridgehead atoms. The van der Waals surface area contributed by atoms with Gasteiger partial charge in [-0.05, 0) is 49.2 Å². The molecule has 0 aliphatic heterocycles. The van der Waals surface area contributed by atoms with E-state index in [2.05, 4.69) is 41.9 Å².